The number of aryl methyl sites for hydroxylation is 1. The Kier molecular flexibility index (Phi) is 7.13. The van der Waals surface area contributed by atoms with E-state index in [2.05, 4.69) is 73.1 Å². The van der Waals surface area contributed by atoms with Crippen molar-refractivity contribution in [1.29, 1.82) is 0 Å². The third kappa shape index (κ3) is 5.09. The Balaban J connectivity index is 1.33. The van der Waals surface area contributed by atoms with Crippen LogP contribution in [0, 0.1) is 10.1 Å². The van der Waals surface area contributed by atoms with Gasteiger partial charge in [0.2, 0.25) is 5.36 Å². The van der Waals surface area contributed by atoms with E-state index in [1.165, 1.54) is 41.2 Å². The molecule has 2 aliphatic carbocycles. The Labute approximate surface area is 249 Å². The summed E-state index contributed by atoms with van der Waals surface area (Å²) in [5.74, 6) is -0.172. The molecule has 0 unspecified atom stereocenters. The number of likely N-dealkylation sites (N-methyl/N-ethyl adjacent to an activating group) is 1. The second-order valence-corrected chi connectivity index (χ2v) is 11.4. The van der Waals surface area contributed by atoms with Gasteiger partial charge in [0.25, 0.3) is 5.69 Å². The smallest absolute Gasteiger partial charge is 0.456 e. The van der Waals surface area contributed by atoms with Gasteiger partial charge in [-0.05, 0) is 79.3 Å². The highest BCUT2D eigenvalue weighted by molar-refractivity contribution is 6.39. The zero-order valence-corrected chi connectivity index (χ0v) is 24.3. The number of carbonyl (C=O) groups excluding carboxylic acids is 2. The van der Waals surface area contributed by atoms with E-state index < -0.39 is 16.6 Å². The van der Waals surface area contributed by atoms with Gasteiger partial charge in [-0.2, -0.15) is 4.99 Å². The SMILES string of the molecule is CCN1C(=CC=C2CCCc3cc4ccc(=[NH+]C(=O)C(=O)c5ccc([N+](=O)[O-])cc5)cc-4oc32)C(C)(C)c2ccccc21. The first-order valence-electron chi connectivity index (χ1n) is 14.5. The summed E-state index contributed by atoms with van der Waals surface area (Å²) in [6.07, 6.45) is 7.26. The molecular weight excluding hydrogens is 542 g/mol. The Bertz CT molecular complexity index is 1880. The highest BCUT2D eigenvalue weighted by Crippen LogP contribution is 2.47. The summed E-state index contributed by atoms with van der Waals surface area (Å²) < 4.78 is 6.47. The van der Waals surface area contributed by atoms with E-state index in [-0.39, 0.29) is 16.7 Å². The lowest BCUT2D eigenvalue weighted by atomic mass is 9.83. The summed E-state index contributed by atoms with van der Waals surface area (Å²) >= 11 is 0. The molecule has 0 saturated heterocycles. The van der Waals surface area contributed by atoms with Gasteiger partial charge in [-0.15, -0.1) is 0 Å². The van der Waals surface area contributed by atoms with E-state index in [0.29, 0.717) is 11.1 Å². The van der Waals surface area contributed by atoms with Crippen molar-refractivity contribution in [2.75, 3.05) is 11.4 Å². The molecule has 0 atom stereocenters. The van der Waals surface area contributed by atoms with E-state index >= 15 is 0 Å². The number of hydrogen-bond acceptors (Lipinski definition) is 6. The minimum absolute atomic E-state index is 0.0710. The summed E-state index contributed by atoms with van der Waals surface area (Å²) in [6.45, 7) is 7.58. The highest BCUT2D eigenvalue weighted by Gasteiger charge is 2.38. The zero-order chi connectivity index (χ0) is 30.3. The molecule has 216 valence electrons. The van der Waals surface area contributed by atoms with Crippen molar-refractivity contribution >= 4 is 28.6 Å². The minimum atomic E-state index is -0.834. The molecule has 0 saturated carbocycles. The van der Waals surface area contributed by atoms with Crippen LogP contribution in [0.2, 0.25) is 0 Å². The van der Waals surface area contributed by atoms with Crippen LogP contribution in [-0.2, 0) is 16.6 Å². The molecule has 1 amide bonds. The Morgan fingerprint density at radius 2 is 1.79 bits per heavy atom. The number of fused-ring (bicyclic) bond motifs is 3. The van der Waals surface area contributed by atoms with Gasteiger partial charge in [0.05, 0.1) is 11.0 Å². The average Bonchev–Trinajstić information content (AvgIpc) is 3.23. The molecule has 8 heteroatoms. The fourth-order valence-corrected chi connectivity index (χ4v) is 6.16. The quantitative estimate of drug-likeness (QED) is 0.154. The van der Waals surface area contributed by atoms with E-state index in [9.17, 15) is 19.7 Å². The maximum absolute atomic E-state index is 12.7. The Morgan fingerprint density at radius 1 is 1.02 bits per heavy atom. The number of nitro benzene ring substituents is 1. The highest BCUT2D eigenvalue weighted by atomic mass is 16.6. The number of amides is 1. The zero-order valence-electron chi connectivity index (χ0n) is 24.3. The van der Waals surface area contributed by atoms with Crippen molar-refractivity contribution in [3.8, 4) is 11.3 Å². The maximum atomic E-state index is 12.7. The van der Waals surface area contributed by atoms with Gasteiger partial charge in [0.1, 0.15) is 11.5 Å². The minimum Gasteiger partial charge on any atom is -0.456 e. The van der Waals surface area contributed by atoms with Crippen molar-refractivity contribution in [2.45, 2.75) is 45.4 Å². The van der Waals surface area contributed by atoms with Gasteiger partial charge < -0.3 is 9.32 Å². The van der Waals surface area contributed by atoms with Crippen molar-refractivity contribution < 1.29 is 23.9 Å². The number of nitrogens with one attached hydrogen (secondary N) is 1. The molecule has 8 nitrogen and oxygen atoms in total. The molecule has 0 radical (unpaired) electrons. The van der Waals surface area contributed by atoms with Crippen LogP contribution in [0.3, 0.4) is 0 Å². The molecule has 0 bridgehead atoms. The molecule has 1 N–H and O–H groups in total. The number of anilines is 1. The van der Waals surface area contributed by atoms with Crippen molar-refractivity contribution in [2.24, 2.45) is 0 Å². The lowest BCUT2D eigenvalue weighted by Crippen LogP contribution is -2.82. The molecule has 0 aromatic heterocycles. The standard InChI is InChI=1S/C35H31N3O5/c1-4-37-29-11-6-5-10-28(29)35(2,3)31(37)19-15-23-8-7-9-25-20-24-12-16-26(21-30(24)43-33(23)25)36-34(40)32(39)22-13-17-27(18-14-22)38(41)42/h5-6,10-21H,4,7-9H2,1-3H3/p+1. The first kappa shape index (κ1) is 28.0. The van der Waals surface area contributed by atoms with Crippen molar-refractivity contribution in [1.82, 2.24) is 0 Å². The number of carbonyl (C=O) groups is 2. The molecule has 0 fully saturated rings. The van der Waals surface area contributed by atoms with Gasteiger partial charge in [-0.1, -0.05) is 38.1 Å². The molecule has 2 aromatic rings. The average molecular weight is 575 g/mol. The summed E-state index contributed by atoms with van der Waals surface area (Å²) in [6, 6.07) is 21.0. The second kappa shape index (κ2) is 10.9. The van der Waals surface area contributed by atoms with Crippen LogP contribution in [-0.4, -0.2) is 23.2 Å². The topological polar surface area (TPSA) is 108 Å². The van der Waals surface area contributed by atoms with Crippen LogP contribution in [0.4, 0.5) is 11.4 Å². The Hall–Kier alpha value is -5.11. The number of Topliss-reactive ketones (excluding diaryl/α,β-unsaturated/α-hetero) is 1. The van der Waals surface area contributed by atoms with Crippen LogP contribution in [0.25, 0.3) is 16.9 Å². The molecule has 2 heterocycles. The number of nitrogens with zero attached hydrogens (tertiary/aromatic N) is 2. The molecule has 2 aliphatic heterocycles. The van der Waals surface area contributed by atoms with Crippen LogP contribution in [0.5, 0.6) is 0 Å². The number of allylic oxidation sites excluding steroid dienone is 4. The largest absolute Gasteiger partial charge is 0.459 e. The van der Waals surface area contributed by atoms with Gasteiger partial charge in [0, 0.05) is 52.7 Å². The molecule has 2 aromatic carbocycles. The van der Waals surface area contributed by atoms with Crippen LogP contribution >= 0.6 is 0 Å². The molecule has 6 rings (SSSR count). The van der Waals surface area contributed by atoms with Gasteiger partial charge in [0.15, 0.2) is 0 Å². The van der Waals surface area contributed by atoms with Gasteiger partial charge >= 0.3 is 11.7 Å². The fourth-order valence-electron chi connectivity index (χ4n) is 6.16. The number of para-hydroxylation sites is 1. The predicted molar refractivity (Wildman–Crippen MR) is 163 cm³/mol. The van der Waals surface area contributed by atoms with E-state index in [0.717, 1.165) is 48.3 Å². The lowest BCUT2D eigenvalue weighted by molar-refractivity contribution is -0.409. The number of nitro groups is 1. The van der Waals surface area contributed by atoms with Gasteiger partial charge in [-0.3, -0.25) is 14.9 Å². The van der Waals surface area contributed by atoms with Crippen molar-refractivity contribution in [3.05, 3.63) is 129 Å². The number of benzene rings is 3. The van der Waals surface area contributed by atoms with E-state index in [1.807, 2.05) is 6.07 Å². The summed E-state index contributed by atoms with van der Waals surface area (Å²) in [5, 5.41) is 11.3. The summed E-state index contributed by atoms with van der Waals surface area (Å²) in [5.41, 5.74) is 6.80. The first-order valence-corrected chi connectivity index (χ1v) is 14.5. The van der Waals surface area contributed by atoms with Crippen LogP contribution in [0.15, 0.2) is 95.1 Å². The van der Waals surface area contributed by atoms with E-state index in [1.54, 1.807) is 12.1 Å². The van der Waals surface area contributed by atoms with Gasteiger partial charge in [-0.25, -0.2) is 4.79 Å². The fraction of sp³-hybridized carbons (Fsp3) is 0.229. The second-order valence-electron chi connectivity index (χ2n) is 11.4. The van der Waals surface area contributed by atoms with Crippen molar-refractivity contribution in [3.63, 3.8) is 0 Å². The predicted octanol–water partition coefficient (Wildman–Crippen LogP) is 5.10. The number of hydrogen-bond donors (Lipinski definition) is 1. The monoisotopic (exact) mass is 574 g/mol. The third-order valence-electron chi connectivity index (χ3n) is 8.39. The number of non-ortho nitro benzene ring substituents is 1. The van der Waals surface area contributed by atoms with Crippen LogP contribution < -0.4 is 15.2 Å². The maximum Gasteiger partial charge on any atom is 0.459 e. The third-order valence-corrected chi connectivity index (χ3v) is 8.39. The number of ketones is 1. The molecular formula is C35H32N3O5+. The normalized spacial score (nSPS) is 17.7. The number of rotatable bonds is 5. The molecule has 43 heavy (non-hydrogen) atoms. The lowest BCUT2D eigenvalue weighted by Gasteiger charge is -2.26. The van der Waals surface area contributed by atoms with E-state index in [4.69, 9.17) is 4.42 Å². The van der Waals surface area contributed by atoms with Crippen LogP contribution in [0.1, 0.15) is 60.9 Å². The summed E-state index contributed by atoms with van der Waals surface area (Å²) in [4.78, 5) is 40.7. The molecule has 4 aliphatic rings. The Morgan fingerprint density at radius 3 is 2.53 bits per heavy atom. The first-order chi connectivity index (χ1) is 20.7. The molecule has 0 spiro atoms. The summed E-state index contributed by atoms with van der Waals surface area (Å²) in [7, 11) is 0.